The van der Waals surface area contributed by atoms with Crippen molar-refractivity contribution < 1.29 is 14.3 Å². The molecule has 0 N–H and O–H groups in total. The minimum Gasteiger partial charge on any atom is -0.495 e. The largest absolute Gasteiger partial charge is 0.495 e. The summed E-state index contributed by atoms with van der Waals surface area (Å²) in [6.45, 7) is 2.15. The van der Waals surface area contributed by atoms with Crippen LogP contribution in [0, 0.1) is 17.8 Å². The van der Waals surface area contributed by atoms with E-state index in [1.165, 1.54) is 4.90 Å². The standard InChI is InChI=1S/C16H19NO3/c1-10-7-8-11-12(9-10)16(19)17(15(11)18)13-5-3-4-6-14(13)20-2/h3-6,10-12H,7-9H2,1-2H3. The van der Waals surface area contributed by atoms with E-state index in [9.17, 15) is 9.59 Å². The summed E-state index contributed by atoms with van der Waals surface area (Å²) in [6, 6.07) is 7.21. The first kappa shape index (κ1) is 13.2. The van der Waals surface area contributed by atoms with Crippen LogP contribution < -0.4 is 9.64 Å². The Balaban J connectivity index is 1.98. The topological polar surface area (TPSA) is 46.6 Å². The fraction of sp³-hybridized carbons (Fsp3) is 0.500. The number of methoxy groups -OCH3 is 1. The lowest BCUT2D eigenvalue weighted by Gasteiger charge is -2.25. The second kappa shape index (κ2) is 4.93. The van der Waals surface area contributed by atoms with Crippen molar-refractivity contribution in [3.63, 3.8) is 0 Å². The first-order valence-electron chi connectivity index (χ1n) is 7.14. The molecule has 3 unspecified atom stereocenters. The molecule has 1 saturated carbocycles. The smallest absolute Gasteiger partial charge is 0.237 e. The highest BCUT2D eigenvalue weighted by Gasteiger charge is 2.50. The number of hydrogen-bond donors (Lipinski definition) is 0. The van der Waals surface area contributed by atoms with Crippen molar-refractivity contribution in [1.29, 1.82) is 0 Å². The number of rotatable bonds is 2. The predicted octanol–water partition coefficient (Wildman–Crippen LogP) is 2.62. The van der Waals surface area contributed by atoms with Gasteiger partial charge in [-0.3, -0.25) is 9.59 Å². The van der Waals surface area contributed by atoms with Crippen LogP contribution in [0.5, 0.6) is 5.75 Å². The number of carbonyl (C=O) groups is 2. The molecule has 0 bridgehead atoms. The SMILES string of the molecule is COc1ccccc1N1C(=O)C2CCC(C)CC2C1=O. The number of hydrogen-bond acceptors (Lipinski definition) is 3. The molecule has 1 aromatic rings. The number of anilines is 1. The Morgan fingerprint density at radius 3 is 2.55 bits per heavy atom. The maximum Gasteiger partial charge on any atom is 0.237 e. The Hall–Kier alpha value is -1.84. The van der Waals surface area contributed by atoms with Crippen LogP contribution in [0.3, 0.4) is 0 Å². The molecule has 2 aliphatic rings. The second-order valence-corrected chi connectivity index (χ2v) is 5.81. The average Bonchev–Trinajstić information content (AvgIpc) is 2.70. The maximum atomic E-state index is 12.6. The summed E-state index contributed by atoms with van der Waals surface area (Å²) < 4.78 is 5.28. The molecule has 0 spiro atoms. The third kappa shape index (κ3) is 1.90. The van der Waals surface area contributed by atoms with Crippen LogP contribution >= 0.6 is 0 Å². The van der Waals surface area contributed by atoms with Crippen LogP contribution in [-0.4, -0.2) is 18.9 Å². The normalized spacial score (nSPS) is 29.5. The Morgan fingerprint density at radius 1 is 1.10 bits per heavy atom. The first-order chi connectivity index (χ1) is 9.63. The number of para-hydroxylation sites is 2. The zero-order valence-corrected chi connectivity index (χ0v) is 11.8. The molecule has 0 radical (unpaired) electrons. The van der Waals surface area contributed by atoms with Gasteiger partial charge in [0.1, 0.15) is 5.75 Å². The van der Waals surface area contributed by atoms with Gasteiger partial charge in [0.25, 0.3) is 0 Å². The Morgan fingerprint density at radius 2 is 1.80 bits per heavy atom. The molecule has 106 valence electrons. The van der Waals surface area contributed by atoms with Crippen molar-refractivity contribution in [2.45, 2.75) is 26.2 Å². The van der Waals surface area contributed by atoms with Crippen LogP contribution in [0.2, 0.25) is 0 Å². The van der Waals surface area contributed by atoms with Gasteiger partial charge in [-0.25, -0.2) is 4.90 Å². The van der Waals surface area contributed by atoms with Gasteiger partial charge in [0.2, 0.25) is 11.8 Å². The average molecular weight is 273 g/mol. The van der Waals surface area contributed by atoms with Crippen LogP contribution in [0.15, 0.2) is 24.3 Å². The molecule has 0 aromatic heterocycles. The predicted molar refractivity (Wildman–Crippen MR) is 75.5 cm³/mol. The van der Waals surface area contributed by atoms with Crippen LogP contribution in [0.25, 0.3) is 0 Å². The molecule has 1 aromatic carbocycles. The van der Waals surface area contributed by atoms with E-state index in [1.807, 2.05) is 12.1 Å². The zero-order chi connectivity index (χ0) is 14.3. The second-order valence-electron chi connectivity index (χ2n) is 5.81. The van der Waals surface area contributed by atoms with E-state index in [4.69, 9.17) is 4.74 Å². The zero-order valence-electron chi connectivity index (χ0n) is 11.8. The lowest BCUT2D eigenvalue weighted by atomic mass is 9.76. The van der Waals surface area contributed by atoms with Gasteiger partial charge < -0.3 is 4.74 Å². The number of imide groups is 1. The molecule has 20 heavy (non-hydrogen) atoms. The van der Waals surface area contributed by atoms with Gasteiger partial charge >= 0.3 is 0 Å². The Kier molecular flexibility index (Phi) is 3.24. The minimum atomic E-state index is -0.142. The van der Waals surface area contributed by atoms with E-state index in [0.717, 1.165) is 19.3 Å². The van der Waals surface area contributed by atoms with Crippen LogP contribution in [-0.2, 0) is 9.59 Å². The lowest BCUT2D eigenvalue weighted by molar-refractivity contribution is -0.122. The van der Waals surface area contributed by atoms with Gasteiger partial charge in [0.15, 0.2) is 0 Å². The molecule has 2 fully saturated rings. The van der Waals surface area contributed by atoms with Gasteiger partial charge in [-0.2, -0.15) is 0 Å². The van der Waals surface area contributed by atoms with Crippen molar-refractivity contribution in [1.82, 2.24) is 0 Å². The highest BCUT2D eigenvalue weighted by atomic mass is 16.5. The van der Waals surface area contributed by atoms with Crippen molar-refractivity contribution >= 4 is 17.5 Å². The number of ether oxygens (including phenoxy) is 1. The number of carbonyl (C=O) groups excluding carboxylic acids is 2. The molecule has 2 amide bonds. The van der Waals surface area contributed by atoms with Gasteiger partial charge in [-0.05, 0) is 37.3 Å². The van der Waals surface area contributed by atoms with Crippen molar-refractivity contribution in [2.24, 2.45) is 17.8 Å². The van der Waals surface area contributed by atoms with E-state index < -0.39 is 0 Å². The molecular formula is C16H19NO3. The fourth-order valence-electron chi connectivity index (χ4n) is 3.44. The quantitative estimate of drug-likeness (QED) is 0.778. The van der Waals surface area contributed by atoms with Crippen molar-refractivity contribution in [3.05, 3.63) is 24.3 Å². The summed E-state index contributed by atoms with van der Waals surface area (Å²) in [7, 11) is 1.55. The molecule has 1 saturated heterocycles. The number of benzene rings is 1. The van der Waals surface area contributed by atoms with Gasteiger partial charge in [-0.1, -0.05) is 19.1 Å². The number of amides is 2. The van der Waals surface area contributed by atoms with Gasteiger partial charge in [0.05, 0.1) is 24.6 Å². The summed E-state index contributed by atoms with van der Waals surface area (Å²) in [5, 5.41) is 0. The van der Waals surface area contributed by atoms with Crippen LogP contribution in [0.1, 0.15) is 26.2 Å². The third-order valence-corrected chi connectivity index (χ3v) is 4.51. The van der Waals surface area contributed by atoms with E-state index in [1.54, 1.807) is 19.2 Å². The summed E-state index contributed by atoms with van der Waals surface area (Å²) in [5.74, 6) is 0.693. The van der Waals surface area contributed by atoms with Crippen LogP contribution in [0.4, 0.5) is 5.69 Å². The number of fused-ring (bicyclic) bond motifs is 1. The number of nitrogens with zero attached hydrogens (tertiary/aromatic N) is 1. The lowest BCUT2D eigenvalue weighted by Crippen LogP contribution is -2.31. The summed E-state index contributed by atoms with van der Waals surface area (Å²) in [4.78, 5) is 26.5. The summed E-state index contributed by atoms with van der Waals surface area (Å²) in [5.41, 5.74) is 0.576. The van der Waals surface area contributed by atoms with E-state index in [0.29, 0.717) is 17.4 Å². The van der Waals surface area contributed by atoms with E-state index in [2.05, 4.69) is 6.92 Å². The molecule has 4 heteroatoms. The highest BCUT2D eigenvalue weighted by Crippen LogP contribution is 2.43. The van der Waals surface area contributed by atoms with E-state index >= 15 is 0 Å². The first-order valence-corrected chi connectivity index (χ1v) is 7.14. The molecular weight excluding hydrogens is 254 g/mol. The Labute approximate surface area is 118 Å². The van der Waals surface area contributed by atoms with Gasteiger partial charge in [0, 0.05) is 0 Å². The highest BCUT2D eigenvalue weighted by molar-refractivity contribution is 6.22. The minimum absolute atomic E-state index is 0.0589. The monoisotopic (exact) mass is 273 g/mol. The molecule has 3 rings (SSSR count). The van der Waals surface area contributed by atoms with Crippen molar-refractivity contribution in [3.8, 4) is 5.75 Å². The molecule has 1 aliphatic heterocycles. The summed E-state index contributed by atoms with van der Waals surface area (Å²) in [6.07, 6.45) is 2.67. The maximum absolute atomic E-state index is 12.6. The molecule has 1 heterocycles. The molecule has 1 aliphatic carbocycles. The van der Waals surface area contributed by atoms with Gasteiger partial charge in [-0.15, -0.1) is 0 Å². The fourth-order valence-corrected chi connectivity index (χ4v) is 3.44. The summed E-state index contributed by atoms with van der Waals surface area (Å²) >= 11 is 0. The molecule has 4 nitrogen and oxygen atoms in total. The van der Waals surface area contributed by atoms with Crippen molar-refractivity contribution in [2.75, 3.05) is 12.0 Å². The van der Waals surface area contributed by atoms with E-state index in [-0.39, 0.29) is 23.7 Å². The third-order valence-electron chi connectivity index (χ3n) is 4.51. The molecule has 3 atom stereocenters. The Bertz CT molecular complexity index is 554.